The van der Waals surface area contributed by atoms with Gasteiger partial charge in [0.15, 0.2) is 0 Å². The van der Waals surface area contributed by atoms with Crippen LogP contribution in [0.1, 0.15) is 36.3 Å². The zero-order valence-corrected chi connectivity index (χ0v) is 12.9. The molecule has 0 spiro atoms. The molecule has 1 atom stereocenters. The first-order chi connectivity index (χ1) is 9.70. The SMILES string of the molecule is CCC[C@@H](C(=O)NCc1ccc(Cl)s1)c1ccccn1. The summed E-state index contributed by atoms with van der Waals surface area (Å²) in [5.41, 5.74) is 0.830. The van der Waals surface area contributed by atoms with Crippen molar-refractivity contribution >= 4 is 28.8 Å². The summed E-state index contributed by atoms with van der Waals surface area (Å²) < 4.78 is 0.740. The van der Waals surface area contributed by atoms with Crippen LogP contribution in [-0.4, -0.2) is 10.9 Å². The molecule has 0 unspecified atom stereocenters. The van der Waals surface area contributed by atoms with Crippen LogP contribution in [0.5, 0.6) is 0 Å². The highest BCUT2D eigenvalue weighted by Gasteiger charge is 2.20. The van der Waals surface area contributed by atoms with Gasteiger partial charge in [-0.15, -0.1) is 11.3 Å². The van der Waals surface area contributed by atoms with Crippen LogP contribution >= 0.6 is 22.9 Å². The van der Waals surface area contributed by atoms with E-state index in [4.69, 9.17) is 11.6 Å². The molecular formula is C15H17ClN2OS. The first-order valence-electron chi connectivity index (χ1n) is 6.63. The fourth-order valence-corrected chi connectivity index (χ4v) is 3.06. The average Bonchev–Trinajstić information content (AvgIpc) is 2.89. The Morgan fingerprint density at radius 1 is 1.40 bits per heavy atom. The van der Waals surface area contributed by atoms with E-state index in [2.05, 4.69) is 17.2 Å². The normalized spacial score (nSPS) is 12.1. The first-order valence-corrected chi connectivity index (χ1v) is 7.83. The van der Waals surface area contributed by atoms with Gasteiger partial charge in [-0.1, -0.05) is 31.0 Å². The van der Waals surface area contributed by atoms with Crippen molar-refractivity contribution in [2.45, 2.75) is 32.2 Å². The number of carbonyl (C=O) groups excluding carboxylic acids is 1. The molecule has 0 aliphatic carbocycles. The Bertz CT molecular complexity index is 556. The summed E-state index contributed by atoms with van der Waals surface area (Å²) >= 11 is 7.37. The highest BCUT2D eigenvalue weighted by atomic mass is 35.5. The second-order valence-electron chi connectivity index (χ2n) is 4.52. The van der Waals surface area contributed by atoms with E-state index in [1.165, 1.54) is 11.3 Å². The second kappa shape index (κ2) is 7.41. The number of carbonyl (C=O) groups is 1. The van der Waals surface area contributed by atoms with Crippen molar-refractivity contribution in [3.8, 4) is 0 Å². The van der Waals surface area contributed by atoms with E-state index in [9.17, 15) is 4.79 Å². The second-order valence-corrected chi connectivity index (χ2v) is 6.32. The molecule has 3 nitrogen and oxygen atoms in total. The maximum absolute atomic E-state index is 12.3. The molecule has 0 fully saturated rings. The zero-order chi connectivity index (χ0) is 14.4. The van der Waals surface area contributed by atoms with E-state index in [0.29, 0.717) is 6.54 Å². The van der Waals surface area contributed by atoms with Crippen molar-refractivity contribution < 1.29 is 4.79 Å². The van der Waals surface area contributed by atoms with Gasteiger partial charge in [-0.25, -0.2) is 0 Å². The van der Waals surface area contributed by atoms with Crippen LogP contribution in [-0.2, 0) is 11.3 Å². The molecule has 106 valence electrons. The largest absolute Gasteiger partial charge is 0.351 e. The summed E-state index contributed by atoms with van der Waals surface area (Å²) in [6.07, 6.45) is 3.47. The third-order valence-corrected chi connectivity index (χ3v) is 4.24. The van der Waals surface area contributed by atoms with Crippen molar-refractivity contribution in [3.63, 3.8) is 0 Å². The Morgan fingerprint density at radius 2 is 2.25 bits per heavy atom. The topological polar surface area (TPSA) is 42.0 Å². The Morgan fingerprint density at radius 3 is 2.85 bits per heavy atom. The lowest BCUT2D eigenvalue weighted by molar-refractivity contribution is -0.123. The summed E-state index contributed by atoms with van der Waals surface area (Å²) in [4.78, 5) is 17.7. The van der Waals surface area contributed by atoms with Crippen LogP contribution in [0.25, 0.3) is 0 Å². The van der Waals surface area contributed by atoms with Crippen molar-refractivity contribution in [3.05, 3.63) is 51.4 Å². The van der Waals surface area contributed by atoms with Gasteiger partial charge in [0.25, 0.3) is 0 Å². The molecule has 0 saturated carbocycles. The molecule has 2 rings (SSSR count). The third-order valence-electron chi connectivity index (χ3n) is 3.00. The lowest BCUT2D eigenvalue weighted by Crippen LogP contribution is -2.29. The number of nitrogens with zero attached hydrogens (tertiary/aromatic N) is 1. The van der Waals surface area contributed by atoms with Gasteiger partial charge >= 0.3 is 0 Å². The predicted molar refractivity (Wildman–Crippen MR) is 83.1 cm³/mol. The summed E-state index contributed by atoms with van der Waals surface area (Å²) in [7, 11) is 0. The van der Waals surface area contributed by atoms with Crippen LogP contribution < -0.4 is 5.32 Å². The molecule has 1 amide bonds. The van der Waals surface area contributed by atoms with E-state index in [0.717, 1.165) is 27.7 Å². The van der Waals surface area contributed by atoms with Crippen molar-refractivity contribution in [1.82, 2.24) is 10.3 Å². The van der Waals surface area contributed by atoms with Crippen LogP contribution in [0, 0.1) is 0 Å². The predicted octanol–water partition coefficient (Wildman–Crippen LogP) is 4.00. The Kier molecular flexibility index (Phi) is 5.56. The lowest BCUT2D eigenvalue weighted by atomic mass is 9.98. The quantitative estimate of drug-likeness (QED) is 0.876. The molecule has 0 saturated heterocycles. The molecular weight excluding hydrogens is 292 g/mol. The highest BCUT2D eigenvalue weighted by molar-refractivity contribution is 7.16. The van der Waals surface area contributed by atoms with E-state index in [-0.39, 0.29) is 11.8 Å². The molecule has 5 heteroatoms. The molecule has 2 aromatic heterocycles. The van der Waals surface area contributed by atoms with Gasteiger partial charge in [-0.3, -0.25) is 9.78 Å². The van der Waals surface area contributed by atoms with Crippen LogP contribution in [0.3, 0.4) is 0 Å². The number of amides is 1. The van der Waals surface area contributed by atoms with Crippen molar-refractivity contribution in [2.24, 2.45) is 0 Å². The van der Waals surface area contributed by atoms with Gasteiger partial charge in [-0.05, 0) is 30.7 Å². The molecule has 0 bridgehead atoms. The molecule has 2 aromatic rings. The van der Waals surface area contributed by atoms with E-state index in [1.807, 2.05) is 30.3 Å². The third kappa shape index (κ3) is 4.05. The monoisotopic (exact) mass is 308 g/mol. The van der Waals surface area contributed by atoms with Crippen LogP contribution in [0.2, 0.25) is 4.34 Å². The molecule has 1 N–H and O–H groups in total. The van der Waals surface area contributed by atoms with E-state index < -0.39 is 0 Å². The lowest BCUT2D eigenvalue weighted by Gasteiger charge is -2.15. The Hall–Kier alpha value is -1.39. The van der Waals surface area contributed by atoms with Crippen LogP contribution in [0.4, 0.5) is 0 Å². The molecule has 0 radical (unpaired) electrons. The number of thiophene rings is 1. The Balaban J connectivity index is 2.00. The fourth-order valence-electron chi connectivity index (χ4n) is 2.03. The van der Waals surface area contributed by atoms with Crippen molar-refractivity contribution in [2.75, 3.05) is 0 Å². The maximum Gasteiger partial charge on any atom is 0.229 e. The number of pyridine rings is 1. The molecule has 0 aliphatic heterocycles. The summed E-state index contributed by atoms with van der Waals surface area (Å²) in [6, 6.07) is 9.45. The minimum Gasteiger partial charge on any atom is -0.351 e. The smallest absolute Gasteiger partial charge is 0.229 e. The molecule has 0 aliphatic rings. The Labute approximate surface area is 128 Å². The van der Waals surface area contributed by atoms with Gasteiger partial charge in [0.05, 0.1) is 22.5 Å². The van der Waals surface area contributed by atoms with E-state index in [1.54, 1.807) is 6.20 Å². The number of hydrogen-bond acceptors (Lipinski definition) is 3. The minimum absolute atomic E-state index is 0.0232. The van der Waals surface area contributed by atoms with Crippen LogP contribution in [0.15, 0.2) is 36.5 Å². The zero-order valence-electron chi connectivity index (χ0n) is 11.3. The van der Waals surface area contributed by atoms with E-state index >= 15 is 0 Å². The van der Waals surface area contributed by atoms with Gasteiger partial charge in [-0.2, -0.15) is 0 Å². The van der Waals surface area contributed by atoms with Gasteiger partial charge < -0.3 is 5.32 Å². The number of rotatable bonds is 6. The summed E-state index contributed by atoms with van der Waals surface area (Å²) in [6.45, 7) is 2.59. The number of nitrogens with one attached hydrogen (secondary N) is 1. The average molecular weight is 309 g/mol. The number of aromatic nitrogens is 1. The molecule has 0 aromatic carbocycles. The number of hydrogen-bond donors (Lipinski definition) is 1. The van der Waals surface area contributed by atoms with Gasteiger partial charge in [0.2, 0.25) is 5.91 Å². The first kappa shape index (κ1) is 15.0. The van der Waals surface area contributed by atoms with Gasteiger partial charge in [0.1, 0.15) is 0 Å². The van der Waals surface area contributed by atoms with Crippen molar-refractivity contribution in [1.29, 1.82) is 0 Å². The maximum atomic E-state index is 12.3. The highest BCUT2D eigenvalue weighted by Crippen LogP contribution is 2.22. The molecule has 2 heterocycles. The summed E-state index contributed by atoms with van der Waals surface area (Å²) in [5.74, 6) is -0.160. The minimum atomic E-state index is -0.184. The van der Waals surface area contributed by atoms with Gasteiger partial charge in [0, 0.05) is 11.1 Å². The standard InChI is InChI=1S/C15H17ClN2OS/c1-2-5-12(13-6-3-4-9-17-13)15(19)18-10-11-7-8-14(16)20-11/h3-4,6-9,12H,2,5,10H2,1H3,(H,18,19)/t12-/m1/s1. The molecule has 20 heavy (non-hydrogen) atoms. The summed E-state index contributed by atoms with van der Waals surface area (Å²) in [5, 5.41) is 2.97. The fraction of sp³-hybridized carbons (Fsp3) is 0.333. The number of halogens is 1.